The molecule has 102 valence electrons. The monoisotopic (exact) mass is 325 g/mol. The van der Waals surface area contributed by atoms with E-state index in [-0.39, 0.29) is 17.7 Å². The lowest BCUT2D eigenvalue weighted by atomic mass is 9.97. The van der Waals surface area contributed by atoms with E-state index in [1.54, 1.807) is 23.1 Å². The molecule has 19 heavy (non-hydrogen) atoms. The van der Waals surface area contributed by atoms with Crippen LogP contribution in [0.1, 0.15) is 23.2 Å². The fourth-order valence-electron chi connectivity index (χ4n) is 2.28. The molecule has 1 aliphatic heterocycles. The molecular weight excluding hydrogens is 310 g/mol. The number of hydrogen-bond acceptors (Lipinski definition) is 3. The zero-order valence-electron chi connectivity index (χ0n) is 10.4. The minimum Gasteiger partial charge on any atom is -0.398 e. The van der Waals surface area contributed by atoms with Gasteiger partial charge in [-0.3, -0.25) is 9.59 Å². The minimum absolute atomic E-state index is 0.120. The third-order valence-electron chi connectivity index (χ3n) is 3.37. The van der Waals surface area contributed by atoms with Gasteiger partial charge >= 0.3 is 0 Å². The molecule has 6 heteroatoms. The second kappa shape index (κ2) is 5.61. The van der Waals surface area contributed by atoms with Gasteiger partial charge in [0.15, 0.2) is 0 Å². The summed E-state index contributed by atoms with van der Waals surface area (Å²) in [6, 6.07) is 5.18. The molecule has 0 bridgehead atoms. The molecule has 1 unspecified atom stereocenters. The van der Waals surface area contributed by atoms with E-state index in [0.717, 1.165) is 12.8 Å². The molecule has 1 saturated heterocycles. The van der Waals surface area contributed by atoms with Gasteiger partial charge in [0.2, 0.25) is 5.91 Å². The van der Waals surface area contributed by atoms with Gasteiger partial charge in [-0.1, -0.05) is 6.07 Å². The van der Waals surface area contributed by atoms with Crippen LogP contribution in [0, 0.1) is 5.92 Å². The zero-order chi connectivity index (χ0) is 14.0. The average molecular weight is 326 g/mol. The molecule has 2 rings (SSSR count). The van der Waals surface area contributed by atoms with Crippen molar-refractivity contribution < 1.29 is 9.59 Å². The average Bonchev–Trinajstić information content (AvgIpc) is 2.41. The van der Waals surface area contributed by atoms with E-state index in [1.165, 1.54) is 0 Å². The number of nitrogens with zero attached hydrogens (tertiary/aromatic N) is 1. The number of amides is 2. The highest BCUT2D eigenvalue weighted by molar-refractivity contribution is 9.10. The van der Waals surface area contributed by atoms with Gasteiger partial charge in [0.1, 0.15) is 0 Å². The van der Waals surface area contributed by atoms with Crippen LogP contribution in [0.25, 0.3) is 0 Å². The second-order valence-corrected chi connectivity index (χ2v) is 5.49. The van der Waals surface area contributed by atoms with Crippen LogP contribution in [-0.2, 0) is 4.79 Å². The van der Waals surface area contributed by atoms with E-state index in [0.29, 0.717) is 28.8 Å². The van der Waals surface area contributed by atoms with Crippen molar-refractivity contribution in [3.8, 4) is 0 Å². The predicted octanol–water partition coefficient (Wildman–Crippen LogP) is 1.37. The number of primary amides is 1. The lowest BCUT2D eigenvalue weighted by Crippen LogP contribution is -2.44. The van der Waals surface area contributed by atoms with Crippen molar-refractivity contribution in [1.82, 2.24) is 4.90 Å². The van der Waals surface area contributed by atoms with Gasteiger partial charge in [-0.25, -0.2) is 0 Å². The van der Waals surface area contributed by atoms with E-state index < -0.39 is 0 Å². The molecular formula is C13H16BrN3O2. The number of nitrogen functional groups attached to an aromatic ring is 1. The maximum Gasteiger partial charge on any atom is 0.255 e. The Bertz CT molecular complexity index is 519. The van der Waals surface area contributed by atoms with Gasteiger partial charge in [-0.15, -0.1) is 0 Å². The van der Waals surface area contributed by atoms with Crippen LogP contribution < -0.4 is 11.5 Å². The number of carbonyl (C=O) groups excluding carboxylic acids is 2. The highest BCUT2D eigenvalue weighted by Crippen LogP contribution is 2.26. The molecule has 1 aromatic rings. The third kappa shape index (κ3) is 2.89. The molecule has 1 fully saturated rings. The Morgan fingerprint density at radius 1 is 1.37 bits per heavy atom. The number of likely N-dealkylation sites (tertiary alicyclic amines) is 1. The summed E-state index contributed by atoms with van der Waals surface area (Å²) in [7, 11) is 0. The summed E-state index contributed by atoms with van der Waals surface area (Å²) < 4.78 is 0.598. The molecule has 0 radical (unpaired) electrons. The quantitative estimate of drug-likeness (QED) is 0.805. The third-order valence-corrected chi connectivity index (χ3v) is 4.25. The Kier molecular flexibility index (Phi) is 4.09. The molecule has 0 aromatic heterocycles. The van der Waals surface area contributed by atoms with E-state index in [1.807, 2.05) is 0 Å². The van der Waals surface area contributed by atoms with Gasteiger partial charge in [-0.05, 0) is 40.9 Å². The Labute approximate surface area is 120 Å². The summed E-state index contributed by atoms with van der Waals surface area (Å²) in [5.41, 5.74) is 12.1. The first-order chi connectivity index (χ1) is 9.00. The van der Waals surface area contributed by atoms with Gasteiger partial charge < -0.3 is 16.4 Å². The van der Waals surface area contributed by atoms with Crippen molar-refractivity contribution in [1.29, 1.82) is 0 Å². The molecule has 2 amide bonds. The van der Waals surface area contributed by atoms with Gasteiger partial charge in [0.25, 0.3) is 5.91 Å². The van der Waals surface area contributed by atoms with Crippen molar-refractivity contribution in [3.63, 3.8) is 0 Å². The summed E-state index contributed by atoms with van der Waals surface area (Å²) >= 11 is 3.33. The number of halogens is 1. The second-order valence-electron chi connectivity index (χ2n) is 4.70. The summed E-state index contributed by atoms with van der Waals surface area (Å²) in [5, 5.41) is 0. The zero-order valence-corrected chi connectivity index (χ0v) is 12.0. The smallest absolute Gasteiger partial charge is 0.255 e. The van der Waals surface area contributed by atoms with Crippen molar-refractivity contribution >= 4 is 33.4 Å². The Morgan fingerprint density at radius 2 is 2.11 bits per heavy atom. The molecule has 0 saturated carbocycles. The first-order valence-electron chi connectivity index (χ1n) is 6.13. The molecule has 1 aliphatic rings. The van der Waals surface area contributed by atoms with Crippen LogP contribution in [0.5, 0.6) is 0 Å². The first kappa shape index (κ1) is 13.9. The van der Waals surface area contributed by atoms with Crippen molar-refractivity contribution in [2.45, 2.75) is 12.8 Å². The molecule has 0 spiro atoms. The largest absolute Gasteiger partial charge is 0.398 e. The van der Waals surface area contributed by atoms with Crippen molar-refractivity contribution in [2.24, 2.45) is 11.7 Å². The fourth-order valence-corrected chi connectivity index (χ4v) is 2.71. The Balaban J connectivity index is 2.19. The minimum atomic E-state index is -0.343. The van der Waals surface area contributed by atoms with Gasteiger partial charge in [0, 0.05) is 18.8 Å². The van der Waals surface area contributed by atoms with E-state index in [2.05, 4.69) is 15.9 Å². The highest BCUT2D eigenvalue weighted by atomic mass is 79.9. The lowest BCUT2D eigenvalue weighted by Gasteiger charge is -2.31. The maximum absolute atomic E-state index is 12.4. The first-order valence-corrected chi connectivity index (χ1v) is 6.92. The van der Waals surface area contributed by atoms with E-state index in [4.69, 9.17) is 11.5 Å². The molecule has 0 aliphatic carbocycles. The number of hydrogen-bond donors (Lipinski definition) is 2. The standard InChI is InChI=1S/C13H16BrN3O2/c14-11-9(4-1-5-10(11)15)13(19)17-6-2-3-8(7-17)12(16)18/h1,4-5,8H,2-3,6-7,15H2,(H2,16,18). The predicted molar refractivity (Wildman–Crippen MR) is 76.4 cm³/mol. The number of benzene rings is 1. The van der Waals surface area contributed by atoms with Crippen LogP contribution in [0.3, 0.4) is 0 Å². The normalized spacial score (nSPS) is 19.2. The van der Waals surface area contributed by atoms with Crippen LogP contribution in [0.4, 0.5) is 5.69 Å². The number of piperidine rings is 1. The molecule has 1 aromatic carbocycles. The number of nitrogens with two attached hydrogens (primary N) is 2. The number of carbonyl (C=O) groups is 2. The SMILES string of the molecule is NC(=O)C1CCCN(C(=O)c2cccc(N)c2Br)C1. The molecule has 1 heterocycles. The molecule has 4 N–H and O–H groups in total. The van der Waals surface area contributed by atoms with Crippen LogP contribution in [0.2, 0.25) is 0 Å². The number of rotatable bonds is 2. The maximum atomic E-state index is 12.4. The summed E-state index contributed by atoms with van der Waals surface area (Å²) in [6.07, 6.45) is 1.54. The van der Waals surface area contributed by atoms with Gasteiger partial charge in [-0.2, -0.15) is 0 Å². The van der Waals surface area contributed by atoms with Crippen LogP contribution in [-0.4, -0.2) is 29.8 Å². The highest BCUT2D eigenvalue weighted by Gasteiger charge is 2.28. The Hall–Kier alpha value is -1.56. The van der Waals surface area contributed by atoms with Crippen molar-refractivity contribution in [2.75, 3.05) is 18.8 Å². The molecule has 5 nitrogen and oxygen atoms in total. The molecule has 1 atom stereocenters. The fraction of sp³-hybridized carbons (Fsp3) is 0.385. The number of anilines is 1. The van der Waals surface area contributed by atoms with E-state index >= 15 is 0 Å². The van der Waals surface area contributed by atoms with Gasteiger partial charge in [0.05, 0.1) is 16.0 Å². The Morgan fingerprint density at radius 3 is 2.79 bits per heavy atom. The summed E-state index contributed by atoms with van der Waals surface area (Å²) in [5.74, 6) is -0.716. The summed E-state index contributed by atoms with van der Waals surface area (Å²) in [6.45, 7) is 1.03. The lowest BCUT2D eigenvalue weighted by molar-refractivity contribution is -0.123. The van der Waals surface area contributed by atoms with E-state index in [9.17, 15) is 9.59 Å². The van der Waals surface area contributed by atoms with Crippen LogP contribution >= 0.6 is 15.9 Å². The topological polar surface area (TPSA) is 89.4 Å². The van der Waals surface area contributed by atoms with Crippen molar-refractivity contribution in [3.05, 3.63) is 28.2 Å². The van der Waals surface area contributed by atoms with Crippen LogP contribution in [0.15, 0.2) is 22.7 Å². The summed E-state index contributed by atoms with van der Waals surface area (Å²) in [4.78, 5) is 25.3.